The van der Waals surface area contributed by atoms with Crippen LogP contribution in [-0.2, 0) is 11.2 Å². The van der Waals surface area contributed by atoms with Crippen molar-refractivity contribution in [3.05, 3.63) is 76.9 Å². The van der Waals surface area contributed by atoms with Crippen molar-refractivity contribution >= 4 is 34.8 Å². The highest BCUT2D eigenvalue weighted by Crippen LogP contribution is 2.51. The first-order valence-corrected chi connectivity index (χ1v) is 12.3. The summed E-state index contributed by atoms with van der Waals surface area (Å²) in [5.74, 6) is 0.265. The van der Waals surface area contributed by atoms with Gasteiger partial charge in [0.1, 0.15) is 0 Å². The molecule has 166 valence electrons. The van der Waals surface area contributed by atoms with E-state index in [1.165, 1.54) is 59.9 Å². The minimum atomic E-state index is 0.0288. The minimum Gasteiger partial charge on any atom is -0.297 e. The zero-order chi connectivity index (χ0) is 22.6. The lowest BCUT2D eigenvalue weighted by atomic mass is 9.62. The number of hydrogen-bond donors (Lipinski definition) is 0. The standard InChI is InChI=1S/C27H30N2O2S/c1-20-25(23-14-8-7-13-22(23)17-27(20)15-9-4-10-16-27)28-26(29(2)19-30)32-18-24(31)21-11-5-3-6-12-21/h3,5-8,11-14,19H,4,9-10,15-18H2,1-2H3. The van der Waals surface area contributed by atoms with Gasteiger partial charge in [-0.25, -0.2) is 4.99 Å². The number of benzene rings is 2. The van der Waals surface area contributed by atoms with Crippen LogP contribution in [0, 0.1) is 5.41 Å². The smallest absolute Gasteiger partial charge is 0.215 e. The molecule has 0 bridgehead atoms. The summed E-state index contributed by atoms with van der Waals surface area (Å²) in [6.45, 7) is 2.22. The summed E-state index contributed by atoms with van der Waals surface area (Å²) in [5, 5.41) is 0.557. The Balaban J connectivity index is 1.70. The molecule has 32 heavy (non-hydrogen) atoms. The van der Waals surface area contributed by atoms with Gasteiger partial charge in [0.05, 0.1) is 11.4 Å². The first-order chi connectivity index (χ1) is 15.5. The quantitative estimate of drug-likeness (QED) is 0.245. The molecule has 4 nitrogen and oxygen atoms in total. The van der Waals surface area contributed by atoms with E-state index < -0.39 is 0 Å². The van der Waals surface area contributed by atoms with E-state index in [1.807, 2.05) is 30.3 Å². The number of hydrogen-bond acceptors (Lipinski definition) is 4. The summed E-state index contributed by atoms with van der Waals surface area (Å²) in [7, 11) is 1.70. The van der Waals surface area contributed by atoms with Gasteiger partial charge in [-0.05, 0) is 42.7 Å². The Labute approximate surface area is 194 Å². The number of nitrogens with zero attached hydrogens (tertiary/aromatic N) is 2. The molecule has 4 rings (SSSR count). The molecule has 0 atom stereocenters. The van der Waals surface area contributed by atoms with Gasteiger partial charge in [0.25, 0.3) is 0 Å². The number of rotatable bonds is 5. The van der Waals surface area contributed by atoms with E-state index in [2.05, 4.69) is 31.2 Å². The Morgan fingerprint density at radius 3 is 2.47 bits per heavy atom. The summed E-state index contributed by atoms with van der Waals surface area (Å²) in [6, 6.07) is 17.8. The number of Topliss-reactive ketones (excluding diaryl/α,β-unsaturated/α-hetero) is 1. The van der Waals surface area contributed by atoms with Gasteiger partial charge in [-0.15, -0.1) is 0 Å². The van der Waals surface area contributed by atoms with Gasteiger partial charge in [-0.1, -0.05) is 85.6 Å². The maximum absolute atomic E-state index is 12.7. The predicted octanol–water partition coefficient (Wildman–Crippen LogP) is 5.98. The third-order valence-corrected chi connectivity index (χ3v) is 7.90. The molecule has 0 saturated heterocycles. The highest BCUT2D eigenvalue weighted by molar-refractivity contribution is 8.14. The lowest BCUT2D eigenvalue weighted by molar-refractivity contribution is -0.113. The lowest BCUT2D eigenvalue weighted by Gasteiger charge is -2.42. The molecule has 0 unspecified atom stereocenters. The molecular weight excluding hydrogens is 416 g/mol. The third-order valence-electron chi connectivity index (χ3n) is 6.86. The lowest BCUT2D eigenvalue weighted by Crippen LogP contribution is -2.32. The number of amidine groups is 1. The van der Waals surface area contributed by atoms with E-state index in [0.717, 1.165) is 24.1 Å². The summed E-state index contributed by atoms with van der Waals surface area (Å²) >= 11 is 1.32. The van der Waals surface area contributed by atoms with Gasteiger partial charge < -0.3 is 0 Å². The molecule has 0 aliphatic heterocycles. The van der Waals surface area contributed by atoms with Crippen LogP contribution in [0.2, 0.25) is 0 Å². The summed E-state index contributed by atoms with van der Waals surface area (Å²) < 4.78 is 0. The number of aliphatic imine (C=N–C) groups is 1. The SMILES string of the molecule is CC1=C(N=C(SCC(=O)c2ccccc2)N(C)C=O)c2ccccc2CC12CCCCC2. The average molecular weight is 447 g/mol. The van der Waals surface area contributed by atoms with Crippen molar-refractivity contribution in [3.63, 3.8) is 0 Å². The van der Waals surface area contributed by atoms with Crippen LogP contribution in [0.4, 0.5) is 0 Å². The molecule has 2 aromatic rings. The molecule has 0 N–H and O–H groups in total. The molecule has 0 radical (unpaired) electrons. The molecule has 1 spiro atoms. The van der Waals surface area contributed by atoms with E-state index in [0.29, 0.717) is 10.7 Å². The van der Waals surface area contributed by atoms with Crippen LogP contribution in [0.25, 0.3) is 5.70 Å². The Morgan fingerprint density at radius 1 is 1.06 bits per heavy atom. The number of ketones is 1. The molecule has 1 amide bonds. The highest BCUT2D eigenvalue weighted by Gasteiger charge is 2.39. The maximum Gasteiger partial charge on any atom is 0.215 e. The summed E-state index contributed by atoms with van der Waals surface area (Å²) in [5.41, 5.74) is 5.60. The predicted molar refractivity (Wildman–Crippen MR) is 133 cm³/mol. The van der Waals surface area contributed by atoms with Crippen LogP contribution in [0.5, 0.6) is 0 Å². The van der Waals surface area contributed by atoms with Crippen molar-refractivity contribution in [1.29, 1.82) is 0 Å². The van der Waals surface area contributed by atoms with Gasteiger partial charge in [0.15, 0.2) is 11.0 Å². The van der Waals surface area contributed by atoms with Crippen molar-refractivity contribution in [3.8, 4) is 0 Å². The largest absolute Gasteiger partial charge is 0.297 e. The van der Waals surface area contributed by atoms with Crippen molar-refractivity contribution in [2.45, 2.75) is 45.4 Å². The Hall–Kier alpha value is -2.66. The topological polar surface area (TPSA) is 49.7 Å². The van der Waals surface area contributed by atoms with Crippen LogP contribution >= 0.6 is 11.8 Å². The zero-order valence-electron chi connectivity index (χ0n) is 18.8. The normalized spacial score (nSPS) is 17.8. The Morgan fingerprint density at radius 2 is 1.75 bits per heavy atom. The van der Waals surface area contributed by atoms with E-state index in [4.69, 9.17) is 4.99 Å². The average Bonchev–Trinajstić information content (AvgIpc) is 2.84. The van der Waals surface area contributed by atoms with E-state index in [1.54, 1.807) is 7.05 Å². The molecule has 1 saturated carbocycles. The number of carbonyl (C=O) groups is 2. The van der Waals surface area contributed by atoms with Crippen LogP contribution in [0.1, 0.15) is 60.5 Å². The fourth-order valence-electron chi connectivity index (χ4n) is 4.97. The zero-order valence-corrected chi connectivity index (χ0v) is 19.7. The Bertz CT molecular complexity index is 1050. The first kappa shape index (κ1) is 22.5. The number of carbonyl (C=O) groups excluding carboxylic acids is 2. The first-order valence-electron chi connectivity index (χ1n) is 11.3. The highest BCUT2D eigenvalue weighted by atomic mass is 32.2. The summed E-state index contributed by atoms with van der Waals surface area (Å²) in [4.78, 5) is 30.8. The van der Waals surface area contributed by atoms with Gasteiger partial charge in [0, 0.05) is 18.2 Å². The van der Waals surface area contributed by atoms with Crippen molar-refractivity contribution in [2.75, 3.05) is 12.8 Å². The van der Waals surface area contributed by atoms with E-state index in [-0.39, 0.29) is 17.0 Å². The minimum absolute atomic E-state index is 0.0288. The van der Waals surface area contributed by atoms with Crippen molar-refractivity contribution in [2.24, 2.45) is 10.4 Å². The molecule has 0 heterocycles. The van der Waals surface area contributed by atoms with Crippen LogP contribution in [0.15, 0.2) is 65.2 Å². The number of allylic oxidation sites excluding steroid dienone is 1. The molecule has 2 aromatic carbocycles. The molecular formula is C27H30N2O2S. The van der Waals surface area contributed by atoms with Crippen LogP contribution < -0.4 is 0 Å². The van der Waals surface area contributed by atoms with Gasteiger partial charge in [-0.3, -0.25) is 14.5 Å². The van der Waals surface area contributed by atoms with Crippen LogP contribution in [-0.4, -0.2) is 35.1 Å². The maximum atomic E-state index is 12.7. The van der Waals surface area contributed by atoms with E-state index >= 15 is 0 Å². The molecule has 5 heteroatoms. The molecule has 2 aliphatic carbocycles. The summed E-state index contributed by atoms with van der Waals surface area (Å²) in [6.07, 6.45) is 7.99. The fraction of sp³-hybridized carbons (Fsp3) is 0.370. The van der Waals surface area contributed by atoms with Gasteiger partial charge in [0.2, 0.25) is 6.41 Å². The fourth-order valence-corrected chi connectivity index (χ4v) is 5.80. The molecule has 2 aliphatic rings. The second kappa shape index (κ2) is 9.86. The second-order valence-electron chi connectivity index (χ2n) is 8.84. The van der Waals surface area contributed by atoms with Gasteiger partial charge >= 0.3 is 0 Å². The number of thioether (sulfide) groups is 1. The van der Waals surface area contributed by atoms with Crippen molar-refractivity contribution < 1.29 is 9.59 Å². The third kappa shape index (κ3) is 4.58. The Kier molecular flexibility index (Phi) is 6.95. The monoisotopic (exact) mass is 446 g/mol. The molecule has 1 fully saturated rings. The van der Waals surface area contributed by atoms with Gasteiger partial charge in [-0.2, -0.15) is 0 Å². The van der Waals surface area contributed by atoms with Crippen LogP contribution in [0.3, 0.4) is 0 Å². The molecule has 0 aromatic heterocycles. The van der Waals surface area contributed by atoms with E-state index in [9.17, 15) is 9.59 Å². The van der Waals surface area contributed by atoms with Crippen molar-refractivity contribution in [1.82, 2.24) is 4.90 Å². The number of fused-ring (bicyclic) bond motifs is 1. The number of amides is 1. The second-order valence-corrected chi connectivity index (χ2v) is 9.78.